The van der Waals surface area contributed by atoms with Crippen molar-refractivity contribution in [2.45, 2.75) is 24.4 Å². The molecule has 4 rings (SSSR count). The van der Waals surface area contributed by atoms with E-state index in [1.54, 1.807) is 35.5 Å². The summed E-state index contributed by atoms with van der Waals surface area (Å²) in [6.07, 6.45) is 5.40. The Morgan fingerprint density at radius 2 is 2.07 bits per heavy atom. The summed E-state index contributed by atoms with van der Waals surface area (Å²) in [6.45, 7) is 6.62. The molecule has 3 aromatic heterocycles. The third kappa shape index (κ3) is 3.90. The van der Waals surface area contributed by atoms with E-state index in [4.69, 9.17) is 4.98 Å². The van der Waals surface area contributed by atoms with Crippen LogP contribution in [0, 0.1) is 6.92 Å². The molecule has 140 valence electrons. The van der Waals surface area contributed by atoms with E-state index in [1.807, 2.05) is 18.2 Å². The van der Waals surface area contributed by atoms with Gasteiger partial charge in [-0.1, -0.05) is 42.1 Å². The molecular weight excluding hydrogens is 386 g/mol. The molecule has 0 N–H and O–H groups in total. The lowest BCUT2D eigenvalue weighted by Crippen LogP contribution is -2.01. The third-order valence-corrected chi connectivity index (χ3v) is 6.15. The molecule has 5 nitrogen and oxygen atoms in total. The molecule has 0 bridgehead atoms. The minimum absolute atomic E-state index is 0.644. The van der Waals surface area contributed by atoms with Crippen molar-refractivity contribution in [1.82, 2.24) is 24.7 Å². The van der Waals surface area contributed by atoms with Crippen molar-refractivity contribution in [2.75, 3.05) is 0 Å². The number of rotatable bonds is 7. The van der Waals surface area contributed by atoms with Gasteiger partial charge in [-0.2, -0.15) is 0 Å². The van der Waals surface area contributed by atoms with E-state index in [0.717, 1.165) is 33.0 Å². The van der Waals surface area contributed by atoms with Gasteiger partial charge in [0.05, 0.1) is 5.69 Å². The second kappa shape index (κ2) is 8.50. The summed E-state index contributed by atoms with van der Waals surface area (Å²) < 4.78 is 2.06. The Hall–Kier alpha value is -2.77. The van der Waals surface area contributed by atoms with Gasteiger partial charge in [0.1, 0.15) is 5.01 Å². The standard InChI is InChI=1S/C21H19N5S2/c1-3-11-26-19(16-8-6-10-22-12-16)24-25-21(26)28-14-17-13-27-20(23-17)18-9-5-4-7-15(18)2/h3-10,12-13H,1,11,14H2,2H3. The first kappa shape index (κ1) is 18.6. The molecule has 0 aliphatic carbocycles. The van der Waals surface area contributed by atoms with Gasteiger partial charge in [-0.25, -0.2) is 4.98 Å². The second-order valence-electron chi connectivity index (χ2n) is 6.19. The van der Waals surface area contributed by atoms with Crippen LogP contribution in [0.1, 0.15) is 11.3 Å². The Bertz CT molecular complexity index is 1090. The fourth-order valence-corrected chi connectivity index (χ4v) is 4.70. The van der Waals surface area contributed by atoms with Crippen molar-refractivity contribution >= 4 is 23.1 Å². The zero-order valence-corrected chi connectivity index (χ0v) is 17.1. The topological polar surface area (TPSA) is 56.5 Å². The van der Waals surface area contributed by atoms with Crippen LogP contribution in [-0.4, -0.2) is 24.7 Å². The van der Waals surface area contributed by atoms with Crippen molar-refractivity contribution in [3.63, 3.8) is 0 Å². The Labute approximate surface area is 172 Å². The molecular formula is C21H19N5S2. The van der Waals surface area contributed by atoms with Crippen LogP contribution in [0.4, 0.5) is 0 Å². The van der Waals surface area contributed by atoms with Gasteiger partial charge < -0.3 is 0 Å². The van der Waals surface area contributed by atoms with Crippen molar-refractivity contribution in [2.24, 2.45) is 0 Å². The SMILES string of the molecule is C=CCn1c(SCc2csc(-c3ccccc3C)n2)nnc1-c1cccnc1. The number of thioether (sulfide) groups is 1. The number of allylic oxidation sites excluding steroid dienone is 1. The first-order chi connectivity index (χ1) is 13.8. The smallest absolute Gasteiger partial charge is 0.192 e. The molecule has 0 atom stereocenters. The zero-order valence-electron chi connectivity index (χ0n) is 15.4. The number of benzene rings is 1. The maximum atomic E-state index is 4.81. The summed E-state index contributed by atoms with van der Waals surface area (Å²) in [7, 11) is 0. The molecule has 0 aliphatic rings. The van der Waals surface area contributed by atoms with Gasteiger partial charge in [-0.3, -0.25) is 9.55 Å². The molecule has 0 spiro atoms. The van der Waals surface area contributed by atoms with E-state index < -0.39 is 0 Å². The van der Waals surface area contributed by atoms with E-state index >= 15 is 0 Å². The summed E-state index contributed by atoms with van der Waals surface area (Å²) >= 11 is 3.31. The molecule has 0 amide bonds. The van der Waals surface area contributed by atoms with Gasteiger partial charge in [-0.15, -0.1) is 28.1 Å². The van der Waals surface area contributed by atoms with Gasteiger partial charge >= 0.3 is 0 Å². The van der Waals surface area contributed by atoms with Gasteiger partial charge in [0, 0.05) is 41.2 Å². The molecule has 0 saturated carbocycles. The maximum absolute atomic E-state index is 4.81. The summed E-state index contributed by atoms with van der Waals surface area (Å²) in [6, 6.07) is 12.2. The lowest BCUT2D eigenvalue weighted by molar-refractivity contribution is 0.730. The highest BCUT2D eigenvalue weighted by Crippen LogP contribution is 2.30. The van der Waals surface area contributed by atoms with Crippen molar-refractivity contribution in [3.05, 3.63) is 78.1 Å². The molecule has 3 heterocycles. The third-order valence-electron chi connectivity index (χ3n) is 4.22. The molecule has 0 radical (unpaired) electrons. The van der Waals surface area contributed by atoms with Crippen LogP contribution < -0.4 is 0 Å². The lowest BCUT2D eigenvalue weighted by Gasteiger charge is -2.07. The Morgan fingerprint density at radius 1 is 1.18 bits per heavy atom. The van der Waals surface area contributed by atoms with Gasteiger partial charge in [0.25, 0.3) is 0 Å². The van der Waals surface area contributed by atoms with E-state index in [1.165, 1.54) is 11.1 Å². The molecule has 28 heavy (non-hydrogen) atoms. The van der Waals surface area contributed by atoms with E-state index in [2.05, 4.69) is 62.9 Å². The highest BCUT2D eigenvalue weighted by atomic mass is 32.2. The highest BCUT2D eigenvalue weighted by Gasteiger charge is 2.15. The fraction of sp³-hybridized carbons (Fsp3) is 0.143. The monoisotopic (exact) mass is 405 g/mol. The highest BCUT2D eigenvalue weighted by molar-refractivity contribution is 7.98. The van der Waals surface area contributed by atoms with Crippen LogP contribution in [0.15, 0.2) is 72.0 Å². The quantitative estimate of drug-likeness (QED) is 0.310. The van der Waals surface area contributed by atoms with Crippen LogP contribution in [0.3, 0.4) is 0 Å². The summed E-state index contributed by atoms with van der Waals surface area (Å²) in [5.74, 6) is 1.54. The minimum Gasteiger partial charge on any atom is -0.298 e. The molecule has 1 aromatic carbocycles. The number of hydrogen-bond acceptors (Lipinski definition) is 6. The minimum atomic E-state index is 0.644. The van der Waals surface area contributed by atoms with E-state index in [-0.39, 0.29) is 0 Å². The predicted molar refractivity (Wildman–Crippen MR) is 115 cm³/mol. The summed E-state index contributed by atoms with van der Waals surface area (Å²) in [4.78, 5) is 8.99. The lowest BCUT2D eigenvalue weighted by atomic mass is 10.1. The van der Waals surface area contributed by atoms with Crippen LogP contribution in [0.5, 0.6) is 0 Å². The number of thiazole rings is 1. The van der Waals surface area contributed by atoms with Gasteiger partial charge in [0.15, 0.2) is 11.0 Å². The summed E-state index contributed by atoms with van der Waals surface area (Å²) in [5, 5.41) is 12.8. The van der Waals surface area contributed by atoms with Gasteiger partial charge in [0.2, 0.25) is 0 Å². The Morgan fingerprint density at radius 3 is 2.86 bits per heavy atom. The molecule has 0 fully saturated rings. The summed E-state index contributed by atoms with van der Waals surface area (Å²) in [5.41, 5.74) is 4.42. The normalized spacial score (nSPS) is 10.9. The van der Waals surface area contributed by atoms with Crippen LogP contribution in [0.25, 0.3) is 22.0 Å². The molecule has 0 unspecified atom stereocenters. The average Bonchev–Trinajstić information content (AvgIpc) is 3.35. The largest absolute Gasteiger partial charge is 0.298 e. The Balaban J connectivity index is 1.54. The first-order valence-corrected chi connectivity index (χ1v) is 10.7. The first-order valence-electron chi connectivity index (χ1n) is 8.84. The molecule has 0 aliphatic heterocycles. The Kier molecular flexibility index (Phi) is 5.64. The van der Waals surface area contributed by atoms with Crippen LogP contribution in [0.2, 0.25) is 0 Å². The van der Waals surface area contributed by atoms with Crippen molar-refractivity contribution in [1.29, 1.82) is 0 Å². The molecule has 0 saturated heterocycles. The number of hydrogen-bond donors (Lipinski definition) is 0. The average molecular weight is 406 g/mol. The van der Waals surface area contributed by atoms with Crippen molar-refractivity contribution < 1.29 is 0 Å². The number of aromatic nitrogens is 5. The van der Waals surface area contributed by atoms with Crippen molar-refractivity contribution in [3.8, 4) is 22.0 Å². The molecule has 4 aromatic rings. The zero-order chi connectivity index (χ0) is 19.3. The number of pyridine rings is 1. The van der Waals surface area contributed by atoms with Crippen LogP contribution >= 0.6 is 23.1 Å². The molecule has 7 heteroatoms. The number of nitrogens with zero attached hydrogens (tertiary/aromatic N) is 5. The van der Waals surface area contributed by atoms with Gasteiger partial charge in [-0.05, 0) is 24.6 Å². The number of aryl methyl sites for hydroxylation is 1. The predicted octanol–water partition coefficient (Wildman–Crippen LogP) is 5.25. The van der Waals surface area contributed by atoms with E-state index in [9.17, 15) is 0 Å². The second-order valence-corrected chi connectivity index (χ2v) is 8.00. The fourth-order valence-electron chi connectivity index (χ4n) is 2.85. The van der Waals surface area contributed by atoms with E-state index in [0.29, 0.717) is 6.54 Å². The van der Waals surface area contributed by atoms with Crippen LogP contribution in [-0.2, 0) is 12.3 Å². The maximum Gasteiger partial charge on any atom is 0.192 e.